The summed E-state index contributed by atoms with van der Waals surface area (Å²) in [6.07, 6.45) is 1.11. The molecular weight excluding hydrogens is 252 g/mol. The van der Waals surface area contributed by atoms with Crippen LogP contribution in [0, 0.1) is 0 Å². The largest absolute Gasteiger partial charge is 0.466 e. The fourth-order valence-corrected chi connectivity index (χ4v) is 2.16. The molecule has 1 atom stereocenters. The van der Waals surface area contributed by atoms with Gasteiger partial charge < -0.3 is 9.84 Å². The second-order valence-corrected chi connectivity index (χ2v) is 5.06. The maximum absolute atomic E-state index is 11.3. The van der Waals surface area contributed by atoms with Crippen LogP contribution >= 0.6 is 0 Å². The van der Waals surface area contributed by atoms with Crippen LogP contribution in [-0.4, -0.2) is 23.8 Å². The number of carbonyl (C=O) groups excluding carboxylic acids is 1. The number of rotatable bonds is 6. The van der Waals surface area contributed by atoms with Crippen molar-refractivity contribution in [2.45, 2.75) is 32.3 Å². The van der Waals surface area contributed by atoms with Crippen LogP contribution in [0.1, 0.15) is 25.3 Å². The predicted octanol–water partition coefficient (Wildman–Crippen LogP) is 3.09. The maximum atomic E-state index is 11.3. The lowest BCUT2D eigenvalue weighted by Gasteiger charge is -2.07. The molecule has 0 fully saturated rings. The summed E-state index contributed by atoms with van der Waals surface area (Å²) in [7, 11) is 0. The van der Waals surface area contributed by atoms with E-state index in [0.29, 0.717) is 6.61 Å². The van der Waals surface area contributed by atoms with Crippen molar-refractivity contribution in [3.8, 4) is 0 Å². The topological polar surface area (TPSA) is 46.5 Å². The van der Waals surface area contributed by atoms with E-state index in [9.17, 15) is 4.79 Å². The first kappa shape index (κ1) is 14.5. The molecule has 0 saturated carbocycles. The lowest BCUT2D eigenvalue weighted by molar-refractivity contribution is -0.145. The van der Waals surface area contributed by atoms with Crippen LogP contribution in [0.3, 0.4) is 0 Å². The molecule has 0 aliphatic rings. The predicted molar refractivity (Wildman–Crippen MR) is 79.5 cm³/mol. The Morgan fingerprint density at radius 3 is 2.70 bits per heavy atom. The molecule has 0 aliphatic heterocycles. The second kappa shape index (κ2) is 7.06. The van der Waals surface area contributed by atoms with Gasteiger partial charge in [-0.2, -0.15) is 0 Å². The quantitative estimate of drug-likeness (QED) is 0.649. The minimum Gasteiger partial charge on any atom is -0.466 e. The number of aliphatic hydroxyl groups excluding tert-OH is 1. The van der Waals surface area contributed by atoms with E-state index in [-0.39, 0.29) is 12.4 Å². The van der Waals surface area contributed by atoms with Gasteiger partial charge in [-0.15, -0.1) is 0 Å². The molecule has 0 amide bonds. The normalized spacial score (nSPS) is 12.3. The Labute approximate surface area is 119 Å². The van der Waals surface area contributed by atoms with Gasteiger partial charge in [0.1, 0.15) is 0 Å². The molecule has 106 valence electrons. The van der Waals surface area contributed by atoms with E-state index in [1.807, 2.05) is 12.1 Å². The number of fused-ring (bicyclic) bond motifs is 1. The molecule has 2 aromatic carbocycles. The molecular formula is C17H20O3. The average Bonchev–Trinajstić information content (AvgIpc) is 2.43. The number of aryl methyl sites for hydroxylation is 1. The van der Waals surface area contributed by atoms with Crippen molar-refractivity contribution in [2.75, 3.05) is 6.61 Å². The standard InChI is InChI=1S/C17H20O3/c1-13(18)11-17(19)20-10-4-5-14-8-9-15-6-2-3-7-16(15)12-14/h2-3,6-9,12-13,18H,4-5,10-11H2,1H3. The van der Waals surface area contributed by atoms with Gasteiger partial charge in [-0.3, -0.25) is 4.79 Å². The van der Waals surface area contributed by atoms with Crippen LogP contribution in [0.2, 0.25) is 0 Å². The highest BCUT2D eigenvalue weighted by Gasteiger charge is 2.06. The highest BCUT2D eigenvalue weighted by atomic mass is 16.5. The molecule has 3 nitrogen and oxygen atoms in total. The lowest BCUT2D eigenvalue weighted by atomic mass is 10.0. The Bertz CT molecular complexity index is 575. The Hall–Kier alpha value is -1.87. The fourth-order valence-electron chi connectivity index (χ4n) is 2.16. The van der Waals surface area contributed by atoms with E-state index in [0.717, 1.165) is 12.8 Å². The first-order chi connectivity index (χ1) is 9.65. The highest BCUT2D eigenvalue weighted by Crippen LogP contribution is 2.16. The van der Waals surface area contributed by atoms with Crippen LogP contribution < -0.4 is 0 Å². The lowest BCUT2D eigenvalue weighted by Crippen LogP contribution is -2.13. The van der Waals surface area contributed by atoms with Gasteiger partial charge in [-0.05, 0) is 36.1 Å². The van der Waals surface area contributed by atoms with Crippen molar-refractivity contribution >= 4 is 16.7 Å². The molecule has 0 bridgehead atoms. The van der Waals surface area contributed by atoms with Gasteiger partial charge in [0.15, 0.2) is 0 Å². The molecule has 1 unspecified atom stereocenters. The summed E-state index contributed by atoms with van der Waals surface area (Å²) in [5, 5.41) is 11.5. The molecule has 1 N–H and O–H groups in total. The number of ether oxygens (including phenoxy) is 1. The van der Waals surface area contributed by atoms with Crippen molar-refractivity contribution < 1.29 is 14.6 Å². The van der Waals surface area contributed by atoms with Crippen molar-refractivity contribution in [3.63, 3.8) is 0 Å². The van der Waals surface area contributed by atoms with Gasteiger partial charge in [0.25, 0.3) is 0 Å². The van der Waals surface area contributed by atoms with E-state index < -0.39 is 6.10 Å². The molecule has 0 radical (unpaired) electrons. The zero-order chi connectivity index (χ0) is 14.4. The third-order valence-corrected chi connectivity index (χ3v) is 3.15. The van der Waals surface area contributed by atoms with E-state index in [2.05, 4.69) is 30.3 Å². The molecule has 0 spiro atoms. The number of hydrogen-bond acceptors (Lipinski definition) is 3. The summed E-state index contributed by atoms with van der Waals surface area (Å²) >= 11 is 0. The van der Waals surface area contributed by atoms with Crippen molar-refractivity contribution in [2.24, 2.45) is 0 Å². The van der Waals surface area contributed by atoms with E-state index >= 15 is 0 Å². The van der Waals surface area contributed by atoms with Gasteiger partial charge in [-0.25, -0.2) is 0 Å². The fraction of sp³-hybridized carbons (Fsp3) is 0.353. The number of carbonyl (C=O) groups is 1. The third-order valence-electron chi connectivity index (χ3n) is 3.15. The van der Waals surface area contributed by atoms with Gasteiger partial charge >= 0.3 is 5.97 Å². The van der Waals surface area contributed by atoms with Crippen LogP contribution in [0.4, 0.5) is 0 Å². The van der Waals surface area contributed by atoms with Crippen LogP contribution in [-0.2, 0) is 16.0 Å². The maximum Gasteiger partial charge on any atom is 0.308 e. The SMILES string of the molecule is CC(O)CC(=O)OCCCc1ccc2ccccc2c1. The van der Waals surface area contributed by atoms with E-state index in [1.54, 1.807) is 6.92 Å². The average molecular weight is 272 g/mol. The Morgan fingerprint density at radius 1 is 1.20 bits per heavy atom. The van der Waals surface area contributed by atoms with Crippen molar-refractivity contribution in [3.05, 3.63) is 48.0 Å². The van der Waals surface area contributed by atoms with Crippen LogP contribution in [0.25, 0.3) is 10.8 Å². The highest BCUT2D eigenvalue weighted by molar-refractivity contribution is 5.82. The molecule has 0 saturated heterocycles. The Balaban J connectivity index is 1.79. The summed E-state index contributed by atoms with van der Waals surface area (Å²) in [5.41, 5.74) is 1.25. The summed E-state index contributed by atoms with van der Waals surface area (Å²) in [5.74, 6) is -0.335. The molecule has 0 aromatic heterocycles. The van der Waals surface area contributed by atoms with E-state index in [4.69, 9.17) is 9.84 Å². The molecule has 20 heavy (non-hydrogen) atoms. The van der Waals surface area contributed by atoms with Gasteiger partial charge in [0.05, 0.1) is 19.1 Å². The minimum atomic E-state index is -0.636. The number of hydrogen-bond donors (Lipinski definition) is 1. The zero-order valence-corrected chi connectivity index (χ0v) is 11.7. The van der Waals surface area contributed by atoms with Crippen LogP contribution in [0.15, 0.2) is 42.5 Å². The summed E-state index contributed by atoms with van der Waals surface area (Å²) in [6.45, 7) is 1.98. The molecule has 0 aliphatic carbocycles. The van der Waals surface area contributed by atoms with Gasteiger partial charge in [0, 0.05) is 0 Å². The molecule has 3 heteroatoms. The van der Waals surface area contributed by atoms with E-state index in [1.165, 1.54) is 16.3 Å². The third kappa shape index (κ3) is 4.35. The summed E-state index contributed by atoms with van der Waals surface area (Å²) in [6, 6.07) is 14.7. The van der Waals surface area contributed by atoms with Gasteiger partial charge in [0.2, 0.25) is 0 Å². The smallest absolute Gasteiger partial charge is 0.308 e. The Morgan fingerprint density at radius 2 is 1.95 bits per heavy atom. The summed E-state index contributed by atoms with van der Waals surface area (Å²) in [4.78, 5) is 11.3. The zero-order valence-electron chi connectivity index (χ0n) is 11.7. The first-order valence-electron chi connectivity index (χ1n) is 6.96. The number of aliphatic hydroxyl groups is 1. The molecule has 2 rings (SSSR count). The van der Waals surface area contributed by atoms with Crippen molar-refractivity contribution in [1.29, 1.82) is 0 Å². The molecule has 2 aromatic rings. The molecule has 0 heterocycles. The number of benzene rings is 2. The van der Waals surface area contributed by atoms with Crippen LogP contribution in [0.5, 0.6) is 0 Å². The monoisotopic (exact) mass is 272 g/mol. The Kier molecular flexibility index (Phi) is 5.13. The first-order valence-corrected chi connectivity index (χ1v) is 6.96. The van der Waals surface area contributed by atoms with Crippen molar-refractivity contribution in [1.82, 2.24) is 0 Å². The second-order valence-electron chi connectivity index (χ2n) is 5.06. The summed E-state index contributed by atoms with van der Waals surface area (Å²) < 4.78 is 5.06. The van der Waals surface area contributed by atoms with Gasteiger partial charge in [-0.1, -0.05) is 42.5 Å². The number of esters is 1. The minimum absolute atomic E-state index is 0.0655.